The summed E-state index contributed by atoms with van der Waals surface area (Å²) in [6, 6.07) is 11.9. The number of rotatable bonds is 8. The van der Waals surface area contributed by atoms with Crippen molar-refractivity contribution in [1.82, 2.24) is 14.8 Å². The summed E-state index contributed by atoms with van der Waals surface area (Å²) in [6.45, 7) is 5.71. The molecule has 0 atom stereocenters. The number of likely N-dealkylation sites (tertiary alicyclic amines) is 1. The molecule has 2 aromatic rings. The molecule has 0 aliphatic carbocycles. The van der Waals surface area contributed by atoms with E-state index >= 15 is 0 Å². The Morgan fingerprint density at radius 2 is 1.88 bits per heavy atom. The van der Waals surface area contributed by atoms with E-state index in [1.165, 1.54) is 5.56 Å². The van der Waals surface area contributed by atoms with Crippen LogP contribution in [0.1, 0.15) is 52.6 Å². The van der Waals surface area contributed by atoms with E-state index in [-0.39, 0.29) is 11.7 Å². The van der Waals surface area contributed by atoms with Gasteiger partial charge in [-0.25, -0.2) is 0 Å². The fourth-order valence-corrected chi connectivity index (χ4v) is 3.44. The number of benzene rings is 1. The molecular weight excluding hydrogens is 326 g/mol. The number of amides is 1. The summed E-state index contributed by atoms with van der Waals surface area (Å²) >= 11 is 0. The number of aromatic nitrogens is 1. The number of carbonyl (C=O) groups excluding carboxylic acids is 2. The zero-order chi connectivity index (χ0) is 18.4. The monoisotopic (exact) mass is 353 g/mol. The Morgan fingerprint density at radius 3 is 2.58 bits per heavy atom. The molecule has 138 valence electrons. The molecule has 0 bridgehead atoms. The van der Waals surface area contributed by atoms with Gasteiger partial charge in [0.1, 0.15) is 5.69 Å². The molecule has 1 aromatic heterocycles. The van der Waals surface area contributed by atoms with E-state index in [0.717, 1.165) is 45.4 Å². The van der Waals surface area contributed by atoms with Crippen molar-refractivity contribution in [3.05, 3.63) is 59.4 Å². The van der Waals surface area contributed by atoms with E-state index in [0.29, 0.717) is 17.8 Å². The molecule has 26 heavy (non-hydrogen) atoms. The summed E-state index contributed by atoms with van der Waals surface area (Å²) in [5.74, 6) is 0.0438. The van der Waals surface area contributed by atoms with Crippen molar-refractivity contribution in [3.63, 3.8) is 0 Å². The number of hydrogen-bond donors (Lipinski definition) is 1. The molecule has 0 spiro atoms. The minimum absolute atomic E-state index is 0.00347. The number of nitrogens with one attached hydrogen (secondary N) is 1. The van der Waals surface area contributed by atoms with Crippen molar-refractivity contribution in [2.24, 2.45) is 0 Å². The predicted octanol–water partition coefficient (Wildman–Crippen LogP) is 3.35. The number of hydrogen-bond acceptors (Lipinski definition) is 3. The van der Waals surface area contributed by atoms with Crippen LogP contribution in [0, 0.1) is 0 Å². The average molecular weight is 353 g/mol. The van der Waals surface area contributed by atoms with Crippen LogP contribution < -0.4 is 0 Å². The number of carbonyl (C=O) groups is 2. The molecule has 1 aliphatic rings. The Kier molecular flexibility index (Phi) is 6.23. The van der Waals surface area contributed by atoms with E-state index in [9.17, 15) is 9.59 Å². The van der Waals surface area contributed by atoms with Crippen molar-refractivity contribution in [2.75, 3.05) is 26.2 Å². The number of aromatic amines is 1. The lowest BCUT2D eigenvalue weighted by Gasteiger charge is -2.20. The van der Waals surface area contributed by atoms with Gasteiger partial charge in [-0.15, -0.1) is 0 Å². The molecule has 1 aromatic carbocycles. The molecule has 1 fully saturated rings. The third-order valence-electron chi connectivity index (χ3n) is 4.78. The van der Waals surface area contributed by atoms with E-state index in [2.05, 4.69) is 28.9 Å². The molecular formula is C21H27N3O2. The lowest BCUT2D eigenvalue weighted by atomic mass is 10.1. The van der Waals surface area contributed by atoms with Crippen LogP contribution in [0.4, 0.5) is 0 Å². The molecule has 0 saturated carbocycles. The van der Waals surface area contributed by atoms with Crippen LogP contribution in [0.2, 0.25) is 0 Å². The second kappa shape index (κ2) is 8.81. The summed E-state index contributed by atoms with van der Waals surface area (Å²) in [5.41, 5.74) is 2.30. The highest BCUT2D eigenvalue weighted by atomic mass is 16.2. The van der Waals surface area contributed by atoms with Gasteiger partial charge in [0.2, 0.25) is 0 Å². The first kappa shape index (κ1) is 18.4. The summed E-state index contributed by atoms with van der Waals surface area (Å²) in [7, 11) is 0. The first-order valence-electron chi connectivity index (χ1n) is 9.44. The minimum atomic E-state index is -0.00347. The van der Waals surface area contributed by atoms with Crippen LogP contribution in [-0.4, -0.2) is 52.7 Å². The van der Waals surface area contributed by atoms with Gasteiger partial charge in [-0.3, -0.25) is 14.5 Å². The van der Waals surface area contributed by atoms with Crippen molar-refractivity contribution < 1.29 is 9.59 Å². The first-order valence-corrected chi connectivity index (χ1v) is 9.44. The summed E-state index contributed by atoms with van der Waals surface area (Å²) < 4.78 is 0. The first-order chi connectivity index (χ1) is 12.7. The maximum Gasteiger partial charge on any atom is 0.270 e. The van der Waals surface area contributed by atoms with Crippen LogP contribution in [0.15, 0.2) is 42.6 Å². The van der Waals surface area contributed by atoms with Gasteiger partial charge >= 0.3 is 0 Å². The van der Waals surface area contributed by atoms with Gasteiger partial charge in [0.25, 0.3) is 5.91 Å². The Balaban J connectivity index is 1.63. The second-order valence-electron chi connectivity index (χ2n) is 6.92. The standard InChI is InChI=1S/C21H27N3O2/c1-2-10-23(15-17-8-4-3-5-9-17)16-20(25)18-13-19(22-14-18)21(26)24-11-6-7-12-24/h3-5,8-9,13-14,22H,2,6-7,10-12,15-16H2,1H3. The third-order valence-corrected chi connectivity index (χ3v) is 4.78. The highest BCUT2D eigenvalue weighted by molar-refractivity contribution is 6.01. The molecule has 5 nitrogen and oxygen atoms in total. The van der Waals surface area contributed by atoms with E-state index in [1.54, 1.807) is 12.3 Å². The molecule has 1 N–H and O–H groups in total. The number of H-pyrrole nitrogens is 1. The Labute approximate surface area is 155 Å². The van der Waals surface area contributed by atoms with Crippen molar-refractivity contribution in [2.45, 2.75) is 32.7 Å². The van der Waals surface area contributed by atoms with Gasteiger partial charge in [0.15, 0.2) is 5.78 Å². The van der Waals surface area contributed by atoms with Gasteiger partial charge in [-0.2, -0.15) is 0 Å². The number of nitrogens with zero attached hydrogens (tertiary/aromatic N) is 2. The lowest BCUT2D eigenvalue weighted by Crippen LogP contribution is -2.30. The Bertz CT molecular complexity index is 733. The van der Waals surface area contributed by atoms with Gasteiger partial charge < -0.3 is 9.88 Å². The Hall–Kier alpha value is -2.40. The predicted molar refractivity (Wildman–Crippen MR) is 102 cm³/mol. The zero-order valence-corrected chi connectivity index (χ0v) is 15.4. The van der Waals surface area contributed by atoms with Gasteiger partial charge in [-0.05, 0) is 37.4 Å². The highest BCUT2D eigenvalue weighted by Gasteiger charge is 2.22. The Morgan fingerprint density at radius 1 is 1.15 bits per heavy atom. The molecule has 3 rings (SSSR count). The SMILES string of the molecule is CCCN(CC(=O)c1c[nH]c(C(=O)N2CCCC2)c1)Cc1ccccc1. The van der Waals surface area contributed by atoms with E-state index < -0.39 is 0 Å². The molecule has 5 heteroatoms. The molecule has 2 heterocycles. The lowest BCUT2D eigenvalue weighted by molar-refractivity contribution is 0.0787. The molecule has 0 unspecified atom stereocenters. The quantitative estimate of drug-likeness (QED) is 0.741. The maximum absolute atomic E-state index is 12.7. The van der Waals surface area contributed by atoms with Gasteiger partial charge in [-0.1, -0.05) is 37.3 Å². The normalized spacial score (nSPS) is 14.2. The fourth-order valence-electron chi connectivity index (χ4n) is 3.44. The van der Waals surface area contributed by atoms with Gasteiger partial charge in [0.05, 0.1) is 6.54 Å². The number of Topliss-reactive ketones (excluding diaryl/α,β-unsaturated/α-hetero) is 1. The molecule has 1 amide bonds. The fraction of sp³-hybridized carbons (Fsp3) is 0.429. The van der Waals surface area contributed by atoms with Crippen molar-refractivity contribution >= 4 is 11.7 Å². The largest absolute Gasteiger partial charge is 0.356 e. The summed E-state index contributed by atoms with van der Waals surface area (Å²) in [6.07, 6.45) is 4.78. The van der Waals surface area contributed by atoms with Crippen LogP contribution in [0.25, 0.3) is 0 Å². The molecule has 1 saturated heterocycles. The van der Waals surface area contributed by atoms with Crippen LogP contribution in [-0.2, 0) is 6.54 Å². The third kappa shape index (κ3) is 4.61. The smallest absolute Gasteiger partial charge is 0.270 e. The van der Waals surface area contributed by atoms with Crippen LogP contribution in [0.3, 0.4) is 0 Å². The topological polar surface area (TPSA) is 56.4 Å². The van der Waals surface area contributed by atoms with Crippen LogP contribution in [0.5, 0.6) is 0 Å². The van der Waals surface area contributed by atoms with Crippen molar-refractivity contribution in [1.29, 1.82) is 0 Å². The van der Waals surface area contributed by atoms with E-state index in [1.807, 2.05) is 23.1 Å². The van der Waals surface area contributed by atoms with E-state index in [4.69, 9.17) is 0 Å². The van der Waals surface area contributed by atoms with Crippen molar-refractivity contribution in [3.8, 4) is 0 Å². The molecule has 1 aliphatic heterocycles. The average Bonchev–Trinajstić information content (AvgIpc) is 3.34. The highest BCUT2D eigenvalue weighted by Crippen LogP contribution is 2.14. The van der Waals surface area contributed by atoms with Crippen LogP contribution >= 0.6 is 0 Å². The minimum Gasteiger partial charge on any atom is -0.356 e. The number of ketones is 1. The zero-order valence-electron chi connectivity index (χ0n) is 15.4. The maximum atomic E-state index is 12.7. The second-order valence-corrected chi connectivity index (χ2v) is 6.92. The van der Waals surface area contributed by atoms with Gasteiger partial charge in [0, 0.05) is 31.4 Å². The summed E-state index contributed by atoms with van der Waals surface area (Å²) in [5, 5.41) is 0. The molecule has 0 radical (unpaired) electrons. The summed E-state index contributed by atoms with van der Waals surface area (Å²) in [4.78, 5) is 32.1.